The van der Waals surface area contributed by atoms with Gasteiger partial charge < -0.3 is 24.2 Å². The molecule has 0 radical (unpaired) electrons. The van der Waals surface area contributed by atoms with Crippen molar-refractivity contribution in [3.8, 4) is 34.3 Å². The number of ether oxygens (including phenoxy) is 3. The Bertz CT molecular complexity index is 1460. The van der Waals surface area contributed by atoms with E-state index in [2.05, 4.69) is 10.2 Å². The first kappa shape index (κ1) is 22.0. The number of amides is 1. The number of H-pyrrole nitrogens is 1. The molecular weight excluding hydrogens is 458 g/mol. The number of phenolic OH excluding ortho intramolecular Hbond substituents is 1. The van der Waals surface area contributed by atoms with Crippen LogP contribution in [0.1, 0.15) is 45.7 Å². The number of aromatic hydroxyl groups is 1. The smallest absolute Gasteiger partial charge is 0.273 e. The summed E-state index contributed by atoms with van der Waals surface area (Å²) in [6.07, 6.45) is 0. The number of aromatic nitrogens is 2. The van der Waals surface area contributed by atoms with Crippen molar-refractivity contribution in [2.24, 2.45) is 0 Å². The van der Waals surface area contributed by atoms with Crippen LogP contribution in [-0.4, -0.2) is 39.5 Å². The Balaban J connectivity index is 1.47. The lowest BCUT2D eigenvalue weighted by Crippen LogP contribution is -2.29. The molecule has 0 aliphatic carbocycles. The van der Waals surface area contributed by atoms with Gasteiger partial charge in [-0.25, -0.2) is 0 Å². The number of fused-ring (bicyclic) bond motifs is 2. The second-order valence-corrected chi connectivity index (χ2v) is 8.91. The highest BCUT2D eigenvalue weighted by Crippen LogP contribution is 2.45. The van der Waals surface area contributed by atoms with Gasteiger partial charge in [0.25, 0.3) is 5.91 Å². The third kappa shape index (κ3) is 3.62. The summed E-state index contributed by atoms with van der Waals surface area (Å²) in [6, 6.07) is 18.6. The Kier molecular flexibility index (Phi) is 5.29. The van der Waals surface area contributed by atoms with E-state index in [1.54, 1.807) is 17.0 Å². The summed E-state index contributed by atoms with van der Waals surface area (Å²) in [4.78, 5) is 15.5. The number of carbonyl (C=O) groups excluding carboxylic acids is 1. The first-order chi connectivity index (χ1) is 17.5. The van der Waals surface area contributed by atoms with E-state index < -0.39 is 6.04 Å². The predicted octanol–water partition coefficient (Wildman–Crippen LogP) is 4.96. The molecule has 0 saturated heterocycles. The highest BCUT2D eigenvalue weighted by molar-refractivity contribution is 6.00. The van der Waals surface area contributed by atoms with Crippen LogP contribution in [-0.2, 0) is 6.54 Å². The zero-order chi connectivity index (χ0) is 24.8. The minimum atomic E-state index is -0.437. The molecule has 2 aliphatic rings. The topological polar surface area (TPSA) is 96.9 Å². The minimum Gasteiger partial charge on any atom is -0.504 e. The quantitative estimate of drug-likeness (QED) is 0.402. The average molecular weight is 484 g/mol. The van der Waals surface area contributed by atoms with E-state index in [0.717, 1.165) is 33.5 Å². The van der Waals surface area contributed by atoms with Gasteiger partial charge in [0.2, 0.25) is 6.79 Å². The van der Waals surface area contributed by atoms with Crippen molar-refractivity contribution in [1.29, 1.82) is 0 Å². The molecule has 0 fully saturated rings. The van der Waals surface area contributed by atoms with Crippen molar-refractivity contribution in [3.05, 3.63) is 88.6 Å². The second kappa shape index (κ2) is 8.64. The number of aryl methyl sites for hydroxylation is 1. The zero-order valence-corrected chi connectivity index (χ0v) is 19.9. The van der Waals surface area contributed by atoms with Gasteiger partial charge in [0.05, 0.1) is 18.3 Å². The number of benzene rings is 3. The number of aromatic amines is 1. The van der Waals surface area contributed by atoms with Gasteiger partial charge in [-0.1, -0.05) is 42.0 Å². The van der Waals surface area contributed by atoms with Gasteiger partial charge in [0.15, 0.2) is 23.0 Å². The first-order valence-electron chi connectivity index (χ1n) is 11.8. The molecular formula is C28H25N3O5. The largest absolute Gasteiger partial charge is 0.504 e. The molecule has 0 bridgehead atoms. The Morgan fingerprint density at radius 2 is 1.89 bits per heavy atom. The highest BCUT2D eigenvalue weighted by atomic mass is 16.7. The molecule has 0 saturated carbocycles. The Morgan fingerprint density at radius 1 is 1.08 bits per heavy atom. The van der Waals surface area contributed by atoms with Crippen molar-refractivity contribution >= 4 is 5.91 Å². The average Bonchev–Trinajstić information content (AvgIpc) is 3.58. The van der Waals surface area contributed by atoms with Crippen LogP contribution in [0.2, 0.25) is 0 Å². The van der Waals surface area contributed by atoms with Crippen LogP contribution in [0.4, 0.5) is 0 Å². The third-order valence-electron chi connectivity index (χ3n) is 6.58. The number of nitrogens with zero attached hydrogens (tertiary/aromatic N) is 2. The maximum absolute atomic E-state index is 13.7. The summed E-state index contributed by atoms with van der Waals surface area (Å²) in [5, 5.41) is 17.8. The molecule has 3 aromatic carbocycles. The Hall–Kier alpha value is -4.46. The summed E-state index contributed by atoms with van der Waals surface area (Å²) in [5.41, 5.74) is 5.78. The fraction of sp³-hybridized carbons (Fsp3) is 0.214. The number of rotatable bonds is 6. The molecule has 2 aliphatic heterocycles. The number of hydrogen-bond donors (Lipinski definition) is 2. The van der Waals surface area contributed by atoms with Gasteiger partial charge in [-0.05, 0) is 49.2 Å². The molecule has 1 unspecified atom stereocenters. The van der Waals surface area contributed by atoms with E-state index >= 15 is 0 Å². The Labute approximate surface area is 208 Å². The normalized spacial score (nSPS) is 15.9. The van der Waals surface area contributed by atoms with Gasteiger partial charge in [-0.2, -0.15) is 5.10 Å². The van der Waals surface area contributed by atoms with Crippen LogP contribution < -0.4 is 14.2 Å². The minimum absolute atomic E-state index is 0.0541. The van der Waals surface area contributed by atoms with E-state index in [-0.39, 0.29) is 18.4 Å². The second-order valence-electron chi connectivity index (χ2n) is 8.91. The molecule has 0 spiro atoms. The molecule has 1 atom stereocenters. The fourth-order valence-corrected chi connectivity index (χ4v) is 4.85. The monoisotopic (exact) mass is 483 g/mol. The van der Waals surface area contributed by atoms with Crippen LogP contribution in [0.25, 0.3) is 11.3 Å². The van der Waals surface area contributed by atoms with Gasteiger partial charge in [0, 0.05) is 17.7 Å². The van der Waals surface area contributed by atoms with Crippen molar-refractivity contribution in [1.82, 2.24) is 15.1 Å². The maximum atomic E-state index is 13.7. The van der Waals surface area contributed by atoms with Crippen LogP contribution >= 0.6 is 0 Å². The molecule has 4 aromatic rings. The highest BCUT2D eigenvalue weighted by Gasteiger charge is 2.42. The van der Waals surface area contributed by atoms with Crippen LogP contribution in [0.5, 0.6) is 23.0 Å². The van der Waals surface area contributed by atoms with E-state index in [9.17, 15) is 9.90 Å². The predicted molar refractivity (Wildman–Crippen MR) is 132 cm³/mol. The summed E-state index contributed by atoms with van der Waals surface area (Å²) >= 11 is 0. The van der Waals surface area contributed by atoms with Crippen LogP contribution in [0, 0.1) is 6.92 Å². The lowest BCUT2D eigenvalue weighted by molar-refractivity contribution is 0.0729. The fourth-order valence-electron chi connectivity index (χ4n) is 4.85. The van der Waals surface area contributed by atoms with Gasteiger partial charge in [0.1, 0.15) is 5.69 Å². The number of nitrogens with one attached hydrogen (secondary N) is 1. The van der Waals surface area contributed by atoms with Gasteiger partial charge in [-0.15, -0.1) is 0 Å². The molecule has 8 nitrogen and oxygen atoms in total. The van der Waals surface area contributed by atoms with Crippen molar-refractivity contribution in [2.75, 3.05) is 13.4 Å². The summed E-state index contributed by atoms with van der Waals surface area (Å²) in [6.45, 7) is 4.84. The summed E-state index contributed by atoms with van der Waals surface area (Å²) in [7, 11) is 0. The molecule has 36 heavy (non-hydrogen) atoms. The SMILES string of the molecule is CCOc1cc(C2c3c(-c4ccc(C)cc4)n[nH]c3C(=O)N2Cc2ccc3c(c2)OCO3)ccc1O. The number of carbonyl (C=O) groups is 1. The standard InChI is InChI=1S/C28H25N3O5/c1-3-34-22-13-19(9-10-20(22)32)27-24-25(18-7-4-16(2)5-8-18)29-30-26(24)28(33)31(27)14-17-6-11-21-23(12-17)36-15-35-21/h4-13,27,32H,3,14-15H2,1-2H3,(H,29,30). The van der Waals surface area contributed by atoms with E-state index in [4.69, 9.17) is 14.2 Å². The molecule has 8 heteroatoms. The van der Waals surface area contributed by atoms with Crippen molar-refractivity contribution in [3.63, 3.8) is 0 Å². The lowest BCUT2D eigenvalue weighted by atomic mass is 9.95. The van der Waals surface area contributed by atoms with Crippen LogP contribution in [0.15, 0.2) is 60.7 Å². The molecule has 3 heterocycles. The van der Waals surface area contributed by atoms with E-state index in [1.807, 2.05) is 62.4 Å². The molecule has 6 rings (SSSR count). The van der Waals surface area contributed by atoms with Crippen molar-refractivity contribution in [2.45, 2.75) is 26.4 Å². The third-order valence-corrected chi connectivity index (χ3v) is 6.58. The molecule has 2 N–H and O–H groups in total. The van der Waals surface area contributed by atoms with Crippen LogP contribution in [0.3, 0.4) is 0 Å². The zero-order valence-electron chi connectivity index (χ0n) is 19.9. The maximum Gasteiger partial charge on any atom is 0.273 e. The molecule has 1 aromatic heterocycles. The lowest BCUT2D eigenvalue weighted by Gasteiger charge is -2.27. The molecule has 1 amide bonds. The first-order valence-corrected chi connectivity index (χ1v) is 11.8. The summed E-state index contributed by atoms with van der Waals surface area (Å²) < 4.78 is 16.6. The summed E-state index contributed by atoms with van der Waals surface area (Å²) in [5.74, 6) is 1.64. The molecule has 182 valence electrons. The van der Waals surface area contributed by atoms with Gasteiger partial charge in [-0.3, -0.25) is 9.89 Å². The van der Waals surface area contributed by atoms with E-state index in [0.29, 0.717) is 36.1 Å². The number of phenols is 1. The van der Waals surface area contributed by atoms with Crippen molar-refractivity contribution < 1.29 is 24.1 Å². The Morgan fingerprint density at radius 3 is 2.69 bits per heavy atom. The number of hydrogen-bond acceptors (Lipinski definition) is 6. The van der Waals surface area contributed by atoms with E-state index in [1.165, 1.54) is 0 Å². The van der Waals surface area contributed by atoms with Gasteiger partial charge >= 0.3 is 0 Å².